The summed E-state index contributed by atoms with van der Waals surface area (Å²) in [4.78, 5) is 17.4. The molecule has 2 heterocycles. The number of aryl methyl sites for hydroxylation is 1. The number of hydrogen-bond donors (Lipinski definition) is 1. The Hall–Kier alpha value is -2.63. The third kappa shape index (κ3) is 4.99. The van der Waals surface area contributed by atoms with Crippen molar-refractivity contribution in [2.75, 3.05) is 25.0 Å². The first-order valence-corrected chi connectivity index (χ1v) is 12.5. The highest BCUT2D eigenvalue weighted by Gasteiger charge is 2.37. The van der Waals surface area contributed by atoms with Crippen molar-refractivity contribution in [1.29, 1.82) is 0 Å². The van der Waals surface area contributed by atoms with Gasteiger partial charge < -0.3 is 10.2 Å². The monoisotopic (exact) mass is 460 g/mol. The quantitative estimate of drug-likeness (QED) is 0.406. The van der Waals surface area contributed by atoms with Crippen LogP contribution in [0.1, 0.15) is 46.7 Å². The number of Topliss-reactive ketones (excluding diaryl/α,β-unsaturated/α-hetero) is 1. The Morgan fingerprint density at radius 2 is 1.88 bits per heavy atom. The molecule has 33 heavy (non-hydrogen) atoms. The van der Waals surface area contributed by atoms with Crippen molar-refractivity contribution in [2.45, 2.75) is 47.9 Å². The van der Waals surface area contributed by atoms with Crippen molar-refractivity contribution >= 4 is 23.2 Å². The summed E-state index contributed by atoms with van der Waals surface area (Å²) in [5.74, 6) is 0.274. The van der Waals surface area contributed by atoms with E-state index in [4.69, 9.17) is 0 Å². The number of fused-ring (bicyclic) bond motifs is 3. The Balaban J connectivity index is 1.20. The average Bonchev–Trinajstić information content (AvgIpc) is 3.20. The third-order valence-corrected chi connectivity index (χ3v) is 7.85. The molecule has 5 heteroatoms. The Labute approximate surface area is 199 Å². The number of carbonyl (C=O) groups excluding carboxylic acids is 1. The highest BCUT2D eigenvalue weighted by atomic mass is 32.2. The van der Waals surface area contributed by atoms with Gasteiger partial charge in [-0.2, -0.15) is 0 Å². The average molecular weight is 461 g/mol. The molecule has 0 radical (unpaired) electrons. The maximum Gasteiger partial charge on any atom is 0.162 e. The molecule has 0 unspecified atom stereocenters. The molecule has 0 bridgehead atoms. The minimum atomic E-state index is -0.305. The van der Waals surface area contributed by atoms with Crippen LogP contribution in [0.2, 0.25) is 0 Å². The molecule has 0 aliphatic carbocycles. The van der Waals surface area contributed by atoms with Crippen LogP contribution in [0, 0.1) is 12.7 Å². The minimum absolute atomic E-state index is 0.0931. The van der Waals surface area contributed by atoms with Crippen molar-refractivity contribution in [3.8, 4) is 0 Å². The molecule has 2 aliphatic rings. The van der Waals surface area contributed by atoms with E-state index in [9.17, 15) is 9.18 Å². The maximum absolute atomic E-state index is 13.1. The molecule has 3 aromatic carbocycles. The molecule has 1 saturated heterocycles. The van der Waals surface area contributed by atoms with E-state index in [1.54, 1.807) is 12.1 Å². The molecule has 0 aromatic heterocycles. The molecule has 3 aromatic rings. The highest BCUT2D eigenvalue weighted by molar-refractivity contribution is 7.99. The summed E-state index contributed by atoms with van der Waals surface area (Å²) in [6.07, 6.45) is 2.44. The van der Waals surface area contributed by atoms with Gasteiger partial charge in [0.05, 0.1) is 5.69 Å². The maximum atomic E-state index is 13.1. The first-order valence-electron chi connectivity index (χ1n) is 11.7. The van der Waals surface area contributed by atoms with Gasteiger partial charge >= 0.3 is 0 Å². The Morgan fingerprint density at radius 3 is 2.67 bits per heavy atom. The van der Waals surface area contributed by atoms with Crippen LogP contribution >= 0.6 is 11.8 Å². The fraction of sp³-hybridized carbons (Fsp3) is 0.321. The predicted molar refractivity (Wildman–Crippen MR) is 133 cm³/mol. The van der Waals surface area contributed by atoms with Crippen LogP contribution < -0.4 is 5.32 Å². The number of anilines is 1. The molecule has 2 atom stereocenters. The van der Waals surface area contributed by atoms with Crippen LogP contribution in [-0.2, 0) is 0 Å². The number of likely N-dealkylation sites (tertiary alicyclic amines) is 1. The molecule has 3 nitrogen and oxygen atoms in total. The van der Waals surface area contributed by atoms with E-state index in [1.165, 1.54) is 38.7 Å². The van der Waals surface area contributed by atoms with E-state index in [0.29, 0.717) is 23.9 Å². The third-order valence-electron chi connectivity index (χ3n) is 6.78. The summed E-state index contributed by atoms with van der Waals surface area (Å²) in [5.41, 5.74) is 4.60. The number of nitrogens with one attached hydrogen (secondary N) is 1. The summed E-state index contributed by atoms with van der Waals surface area (Å²) >= 11 is 1.83. The second kappa shape index (κ2) is 9.70. The number of hydrogen-bond acceptors (Lipinski definition) is 4. The molecule has 1 fully saturated rings. The standard InChI is InChI=1S/C28H29FN2OS/c1-19-7-13-22(14-8-19)33-27-6-2-4-23-24-18-31(17-15-25(24)30-28(23)27)16-3-5-26(32)20-9-11-21(29)12-10-20/h2,4,6-14,24-25,30H,3,5,15-18H2,1H3/t24-,25+/m0/s1. The minimum Gasteiger partial charge on any atom is -0.380 e. The lowest BCUT2D eigenvalue weighted by Crippen LogP contribution is -2.42. The van der Waals surface area contributed by atoms with Gasteiger partial charge in [-0.05, 0) is 74.3 Å². The predicted octanol–water partition coefficient (Wildman–Crippen LogP) is 6.53. The van der Waals surface area contributed by atoms with Gasteiger partial charge in [-0.25, -0.2) is 4.39 Å². The van der Waals surface area contributed by atoms with Crippen LogP contribution in [0.3, 0.4) is 0 Å². The van der Waals surface area contributed by atoms with Crippen molar-refractivity contribution in [3.63, 3.8) is 0 Å². The van der Waals surface area contributed by atoms with Gasteiger partial charge in [0, 0.05) is 46.8 Å². The normalized spacial score (nSPS) is 19.6. The first kappa shape index (κ1) is 22.2. The zero-order valence-electron chi connectivity index (χ0n) is 18.9. The van der Waals surface area contributed by atoms with E-state index in [-0.39, 0.29) is 11.6 Å². The Morgan fingerprint density at radius 1 is 1.09 bits per heavy atom. The number of piperidine rings is 1. The molecular formula is C28H29FN2OS. The number of benzene rings is 3. The summed E-state index contributed by atoms with van der Waals surface area (Å²) in [6.45, 7) is 5.11. The number of nitrogens with zero attached hydrogens (tertiary/aromatic N) is 1. The second-order valence-electron chi connectivity index (χ2n) is 9.12. The van der Waals surface area contributed by atoms with E-state index in [2.05, 4.69) is 59.6 Å². The summed E-state index contributed by atoms with van der Waals surface area (Å²) in [7, 11) is 0. The number of para-hydroxylation sites is 1. The van der Waals surface area contributed by atoms with E-state index in [0.717, 1.165) is 32.5 Å². The Kier molecular flexibility index (Phi) is 6.52. The molecule has 170 valence electrons. The van der Waals surface area contributed by atoms with Crippen molar-refractivity contribution in [1.82, 2.24) is 4.90 Å². The Bertz CT molecular complexity index is 1130. The molecule has 2 aliphatic heterocycles. The fourth-order valence-electron chi connectivity index (χ4n) is 4.97. The van der Waals surface area contributed by atoms with Gasteiger partial charge in [0.15, 0.2) is 5.78 Å². The SMILES string of the molecule is Cc1ccc(Sc2cccc3c2N[C@@H]2CCN(CCCC(=O)c4ccc(F)cc4)C[C@@H]32)cc1. The molecular weight excluding hydrogens is 431 g/mol. The van der Waals surface area contributed by atoms with Gasteiger partial charge in [0.25, 0.3) is 0 Å². The van der Waals surface area contributed by atoms with Crippen molar-refractivity contribution in [3.05, 3.63) is 89.2 Å². The lowest BCUT2D eigenvalue weighted by Gasteiger charge is -2.35. The fourth-order valence-corrected chi connectivity index (χ4v) is 5.92. The van der Waals surface area contributed by atoms with Crippen LogP contribution in [0.5, 0.6) is 0 Å². The molecule has 1 N–H and O–H groups in total. The smallest absolute Gasteiger partial charge is 0.162 e. The van der Waals surface area contributed by atoms with Crippen LogP contribution in [0.25, 0.3) is 0 Å². The van der Waals surface area contributed by atoms with Gasteiger partial charge in [-0.15, -0.1) is 0 Å². The van der Waals surface area contributed by atoms with E-state index < -0.39 is 0 Å². The van der Waals surface area contributed by atoms with E-state index >= 15 is 0 Å². The lowest BCUT2D eigenvalue weighted by atomic mass is 9.89. The van der Waals surface area contributed by atoms with Gasteiger partial charge in [0.2, 0.25) is 0 Å². The highest BCUT2D eigenvalue weighted by Crippen LogP contribution is 2.46. The molecule has 5 rings (SSSR count). The second-order valence-corrected chi connectivity index (χ2v) is 10.2. The number of rotatable bonds is 7. The number of carbonyl (C=O) groups is 1. The van der Waals surface area contributed by atoms with Crippen molar-refractivity contribution in [2.24, 2.45) is 0 Å². The number of ketones is 1. The van der Waals surface area contributed by atoms with Gasteiger partial charge in [0.1, 0.15) is 5.82 Å². The van der Waals surface area contributed by atoms with Crippen molar-refractivity contribution < 1.29 is 9.18 Å². The zero-order chi connectivity index (χ0) is 22.8. The molecule has 0 spiro atoms. The van der Waals surface area contributed by atoms with Gasteiger partial charge in [-0.1, -0.05) is 41.6 Å². The topological polar surface area (TPSA) is 32.3 Å². The van der Waals surface area contributed by atoms with Crippen LogP contribution in [0.4, 0.5) is 10.1 Å². The largest absolute Gasteiger partial charge is 0.380 e. The summed E-state index contributed by atoms with van der Waals surface area (Å²) in [5, 5.41) is 3.83. The lowest BCUT2D eigenvalue weighted by molar-refractivity contribution is 0.0971. The molecule has 0 saturated carbocycles. The molecule has 0 amide bonds. The van der Waals surface area contributed by atoms with Gasteiger partial charge in [-0.3, -0.25) is 4.79 Å². The first-order chi connectivity index (χ1) is 16.1. The van der Waals surface area contributed by atoms with Crippen LogP contribution in [-0.4, -0.2) is 36.4 Å². The van der Waals surface area contributed by atoms with Crippen LogP contribution in [0.15, 0.2) is 76.5 Å². The van der Waals surface area contributed by atoms with E-state index in [1.807, 2.05) is 11.8 Å². The zero-order valence-corrected chi connectivity index (χ0v) is 19.7. The summed E-state index contributed by atoms with van der Waals surface area (Å²) < 4.78 is 13.1. The number of halogens is 1. The summed E-state index contributed by atoms with van der Waals surface area (Å²) in [6, 6.07) is 21.7.